The molecule has 0 heterocycles. The van der Waals surface area contributed by atoms with Crippen LogP contribution in [0.5, 0.6) is 0 Å². The summed E-state index contributed by atoms with van der Waals surface area (Å²) in [5, 5.41) is 0. The van der Waals surface area contributed by atoms with Crippen molar-refractivity contribution in [1.82, 2.24) is 0 Å². The molecule has 0 aromatic carbocycles. The molecule has 0 rings (SSSR count). The minimum absolute atomic E-state index is 0. The van der Waals surface area contributed by atoms with Crippen LogP contribution in [0, 0.1) is 0 Å². The van der Waals surface area contributed by atoms with Gasteiger partial charge in [0.2, 0.25) is 0 Å². The molecule has 0 unspecified atom stereocenters. The summed E-state index contributed by atoms with van der Waals surface area (Å²) in [4.78, 5) is 0. The van der Waals surface area contributed by atoms with Crippen LogP contribution in [0.1, 0.15) is 0 Å². The van der Waals surface area contributed by atoms with Gasteiger partial charge in [-0.1, -0.05) is 0 Å². The van der Waals surface area contributed by atoms with Crippen molar-refractivity contribution >= 4 is 0 Å². The fraction of sp³-hybridized carbons (Fsp3) is 0. The third-order valence-electron chi connectivity index (χ3n) is 0. The van der Waals surface area contributed by atoms with E-state index >= 15 is 0 Å². The van der Waals surface area contributed by atoms with Gasteiger partial charge in [-0.3, -0.25) is 0 Å². The summed E-state index contributed by atoms with van der Waals surface area (Å²) in [6.07, 6.45) is 0. The van der Waals surface area contributed by atoms with Crippen LogP contribution >= 0.6 is 0 Å². The summed E-state index contributed by atoms with van der Waals surface area (Å²) >= 11 is -8.28. The first-order valence-electron chi connectivity index (χ1n) is 1.16. The van der Waals surface area contributed by atoms with Gasteiger partial charge in [0.25, 0.3) is 0 Å². The summed E-state index contributed by atoms with van der Waals surface area (Å²) in [5.74, 6) is 0. The second-order valence-electron chi connectivity index (χ2n) is 0.474. The number of hydrogen-bond donors (Lipinski definition) is 0. The Morgan fingerprint density at radius 1 is 1.00 bits per heavy atom. The van der Waals surface area contributed by atoms with Crippen LogP contribution in [-0.2, 0) is 47.2 Å². The second-order valence-corrected chi connectivity index (χ2v) is 2.35. The number of hydrogen-bond acceptors (Lipinski definition) is 6. The van der Waals surface area contributed by atoms with Crippen LogP contribution in [0.3, 0.4) is 0 Å². The predicted octanol–water partition coefficient (Wildman–Crippen LogP) is -12.9. The van der Waals surface area contributed by atoms with Crippen molar-refractivity contribution in [3.63, 3.8) is 0 Å². The summed E-state index contributed by atoms with van der Waals surface area (Å²) in [7, 11) is 0. The van der Waals surface area contributed by atoms with Crippen LogP contribution in [0.15, 0.2) is 0 Å². The molecule has 0 aliphatic carbocycles. The molecule has 0 fully saturated rings. The fourth-order valence-electron chi connectivity index (χ4n) is 0. The SMILES string of the molecule is [K+].[K+].[K+].[O]=[Nb](=[O])[O-].[O]=[Ti]([O-])[O-]. The Morgan fingerprint density at radius 3 is 1.00 bits per heavy atom. The van der Waals surface area contributed by atoms with Crippen molar-refractivity contribution < 1.29 is 212 Å². The molecule has 0 aliphatic rings. The van der Waals surface area contributed by atoms with Crippen molar-refractivity contribution in [2.24, 2.45) is 0 Å². The fourth-order valence-corrected chi connectivity index (χ4v) is 0. The Labute approximate surface area is 205 Å². The van der Waals surface area contributed by atoms with Gasteiger partial charge in [-0.25, -0.2) is 0 Å². The Bertz CT molecular complexity index is 120. The van der Waals surface area contributed by atoms with E-state index in [9.17, 15) is 0 Å². The van der Waals surface area contributed by atoms with Gasteiger partial charge in [-0.05, 0) is 0 Å². The van der Waals surface area contributed by atoms with Gasteiger partial charge in [-0.2, -0.15) is 0 Å². The van der Waals surface area contributed by atoms with Gasteiger partial charge in [-0.15, -0.1) is 0 Å². The molecule has 0 aromatic rings. The topological polar surface area (TPSA) is 120 Å². The van der Waals surface area contributed by atoms with Crippen molar-refractivity contribution in [1.29, 1.82) is 0 Å². The molecule has 0 saturated carbocycles. The third-order valence-corrected chi connectivity index (χ3v) is 0. The van der Waals surface area contributed by atoms with Gasteiger partial charge in [0.15, 0.2) is 0 Å². The standard InChI is InChI=1S/3K.Nb.6O.Ti/q3*+1;;;;;3*-1;. The van der Waals surface area contributed by atoms with Crippen molar-refractivity contribution in [2.75, 3.05) is 0 Å². The molecule has 0 bridgehead atoms. The second kappa shape index (κ2) is 24.7. The molecule has 0 aliphatic heterocycles. The van der Waals surface area contributed by atoms with Crippen molar-refractivity contribution in [2.45, 2.75) is 0 Å². The average Bonchev–Trinajstić information content (AvgIpc) is 1.25. The number of rotatable bonds is 0. The molecular formula is K3NbO6Ti. The van der Waals surface area contributed by atoms with Crippen LogP contribution in [-0.4, -0.2) is 0 Å². The molecule has 0 spiro atoms. The van der Waals surface area contributed by atoms with Gasteiger partial charge in [0, 0.05) is 0 Å². The molecule has 48 valence electrons. The molecular weight excluding hydrogens is 354 g/mol. The molecule has 11 heteroatoms. The van der Waals surface area contributed by atoms with E-state index < -0.39 is 37.4 Å². The van der Waals surface area contributed by atoms with Crippen LogP contribution < -0.4 is 165 Å². The maximum atomic E-state index is 8.60. The quantitative estimate of drug-likeness (QED) is 0.399. The van der Waals surface area contributed by atoms with E-state index in [0.717, 1.165) is 0 Å². The van der Waals surface area contributed by atoms with E-state index in [1.807, 2.05) is 0 Å². The zero-order valence-electron chi connectivity index (χ0n) is 6.40. The molecule has 0 amide bonds. The molecule has 0 saturated heterocycles. The zero-order valence-corrected chi connectivity index (χ0v) is 19.5. The Morgan fingerprint density at radius 2 is 1.00 bits per heavy atom. The van der Waals surface area contributed by atoms with E-state index in [4.69, 9.17) is 20.8 Å². The van der Waals surface area contributed by atoms with E-state index in [1.54, 1.807) is 0 Å². The first kappa shape index (κ1) is 30.0. The van der Waals surface area contributed by atoms with Crippen LogP contribution in [0.25, 0.3) is 0 Å². The summed E-state index contributed by atoms with van der Waals surface area (Å²) in [6, 6.07) is 0. The van der Waals surface area contributed by atoms with Gasteiger partial charge in [0.1, 0.15) is 0 Å². The van der Waals surface area contributed by atoms with Gasteiger partial charge >= 0.3 is 212 Å². The maximum absolute atomic E-state index is 8.60. The zero-order chi connectivity index (χ0) is 7.15. The molecule has 0 aromatic heterocycles. The molecule has 6 nitrogen and oxygen atoms in total. The van der Waals surface area contributed by atoms with Crippen LogP contribution in [0.2, 0.25) is 0 Å². The molecule has 11 heavy (non-hydrogen) atoms. The molecule has 0 atom stereocenters. The van der Waals surface area contributed by atoms with Crippen LogP contribution in [0.4, 0.5) is 0 Å². The summed E-state index contributed by atoms with van der Waals surface area (Å²) in [5.41, 5.74) is 0. The third kappa shape index (κ3) is 91.4. The van der Waals surface area contributed by atoms with E-state index in [-0.39, 0.29) is 154 Å². The van der Waals surface area contributed by atoms with E-state index in [2.05, 4.69) is 0 Å². The predicted molar refractivity (Wildman–Crippen MR) is 2.06 cm³/mol. The van der Waals surface area contributed by atoms with Crippen molar-refractivity contribution in [3.05, 3.63) is 0 Å². The Kier molecular flexibility index (Phi) is 67.6. The van der Waals surface area contributed by atoms with Gasteiger partial charge < -0.3 is 0 Å². The minimum atomic E-state index is -4.20. The Hall–Kier alpha value is 5.64. The average molecular weight is 354 g/mol. The summed E-state index contributed by atoms with van der Waals surface area (Å²) < 4.78 is 51.6. The first-order valence-corrected chi connectivity index (χ1v) is 5.77. The first-order chi connectivity index (χ1) is 3.46. The monoisotopic (exact) mass is 354 g/mol. The normalized spacial score (nSPS) is 4.64. The van der Waals surface area contributed by atoms with Crippen molar-refractivity contribution in [3.8, 4) is 0 Å². The van der Waals surface area contributed by atoms with Gasteiger partial charge in [0.05, 0.1) is 0 Å². The van der Waals surface area contributed by atoms with E-state index in [0.29, 0.717) is 0 Å². The summed E-state index contributed by atoms with van der Waals surface area (Å²) in [6.45, 7) is 0. The van der Waals surface area contributed by atoms with E-state index in [1.165, 1.54) is 0 Å². The molecule has 0 radical (unpaired) electrons. The Balaban J connectivity index is -0.0000000171. The molecule has 0 N–H and O–H groups in total.